The third-order valence-electron chi connectivity index (χ3n) is 3.65. The Labute approximate surface area is 129 Å². The van der Waals surface area contributed by atoms with Gasteiger partial charge in [0.25, 0.3) is 5.56 Å². The van der Waals surface area contributed by atoms with E-state index in [4.69, 9.17) is 0 Å². The minimum absolute atomic E-state index is 0.0363. The number of carboxylic acid groups (broad SMARTS) is 1. The molecule has 7 nitrogen and oxygen atoms in total. The average molecular weight is 311 g/mol. The van der Waals surface area contributed by atoms with Crippen LogP contribution >= 0.6 is 0 Å². The number of aromatic nitrogens is 3. The van der Waals surface area contributed by atoms with Gasteiger partial charge < -0.3 is 5.11 Å². The molecule has 0 aliphatic heterocycles. The number of carbonyl (C=O) groups is 1. The lowest BCUT2D eigenvalue weighted by Crippen LogP contribution is -2.30. The van der Waals surface area contributed by atoms with Crippen LogP contribution in [-0.2, 0) is 7.05 Å². The molecule has 2 heterocycles. The highest BCUT2D eigenvalue weighted by atomic mass is 16.4. The van der Waals surface area contributed by atoms with Crippen molar-refractivity contribution < 1.29 is 9.90 Å². The molecular weight excluding hydrogens is 298 g/mol. The van der Waals surface area contributed by atoms with Gasteiger partial charge in [0.15, 0.2) is 5.65 Å². The number of pyridine rings is 1. The first kappa shape index (κ1) is 14.7. The standard InChI is InChI=1S/C16H13N3O4/c1-8-3-5-9(6-4-8)11-7-10(15(21)22)12-13(17-11)19(2)16(23)18-14(12)20/h3-7H,1-2H3,(H,21,22)(H,18,20,23). The van der Waals surface area contributed by atoms with Crippen molar-refractivity contribution in [2.45, 2.75) is 6.92 Å². The predicted octanol–water partition coefficient (Wildman–Crippen LogP) is 1.30. The molecule has 7 heteroatoms. The van der Waals surface area contributed by atoms with Crippen molar-refractivity contribution in [2.24, 2.45) is 7.05 Å². The van der Waals surface area contributed by atoms with Crippen LogP contribution in [0.25, 0.3) is 22.3 Å². The van der Waals surface area contributed by atoms with E-state index < -0.39 is 17.2 Å². The van der Waals surface area contributed by atoms with Gasteiger partial charge in [-0.15, -0.1) is 0 Å². The number of aromatic amines is 1. The number of fused-ring (bicyclic) bond motifs is 1. The fraction of sp³-hybridized carbons (Fsp3) is 0.125. The highest BCUT2D eigenvalue weighted by Gasteiger charge is 2.18. The molecule has 0 amide bonds. The van der Waals surface area contributed by atoms with Crippen molar-refractivity contribution in [1.29, 1.82) is 0 Å². The molecule has 3 rings (SSSR count). The van der Waals surface area contributed by atoms with E-state index in [1.165, 1.54) is 13.1 Å². The molecule has 0 fully saturated rings. The van der Waals surface area contributed by atoms with Crippen LogP contribution in [0, 0.1) is 6.92 Å². The maximum atomic E-state index is 12.0. The molecule has 0 aliphatic carbocycles. The van der Waals surface area contributed by atoms with E-state index in [1.54, 1.807) is 12.1 Å². The Morgan fingerprint density at radius 2 is 1.87 bits per heavy atom. The zero-order chi connectivity index (χ0) is 16.7. The van der Waals surface area contributed by atoms with Gasteiger partial charge in [-0.1, -0.05) is 29.8 Å². The van der Waals surface area contributed by atoms with Crippen LogP contribution in [0.4, 0.5) is 0 Å². The largest absolute Gasteiger partial charge is 0.478 e. The number of nitrogens with zero attached hydrogens (tertiary/aromatic N) is 2. The summed E-state index contributed by atoms with van der Waals surface area (Å²) in [6.45, 7) is 1.93. The third kappa shape index (κ3) is 2.42. The molecule has 0 unspecified atom stereocenters. The lowest BCUT2D eigenvalue weighted by atomic mass is 10.1. The zero-order valence-corrected chi connectivity index (χ0v) is 12.5. The van der Waals surface area contributed by atoms with Crippen molar-refractivity contribution in [1.82, 2.24) is 14.5 Å². The topological polar surface area (TPSA) is 105 Å². The molecule has 0 aliphatic rings. The number of hydrogen-bond donors (Lipinski definition) is 2. The van der Waals surface area contributed by atoms with Crippen molar-refractivity contribution in [3.05, 3.63) is 62.3 Å². The Kier molecular flexibility index (Phi) is 3.33. The van der Waals surface area contributed by atoms with Crippen LogP contribution in [0.15, 0.2) is 39.9 Å². The summed E-state index contributed by atoms with van der Waals surface area (Å²) in [6, 6.07) is 8.70. The van der Waals surface area contributed by atoms with Crippen LogP contribution in [0.2, 0.25) is 0 Å². The number of H-pyrrole nitrogens is 1. The quantitative estimate of drug-likeness (QED) is 0.742. The number of carboxylic acids is 1. The number of aryl methyl sites for hydroxylation is 2. The summed E-state index contributed by atoms with van der Waals surface area (Å²) < 4.78 is 1.13. The first-order chi connectivity index (χ1) is 10.9. The second-order valence-electron chi connectivity index (χ2n) is 5.24. The Balaban J connectivity index is 2.45. The van der Waals surface area contributed by atoms with Gasteiger partial charge >= 0.3 is 11.7 Å². The molecule has 0 bridgehead atoms. The van der Waals surface area contributed by atoms with Crippen LogP contribution in [0.5, 0.6) is 0 Å². The van der Waals surface area contributed by atoms with Gasteiger partial charge in [0, 0.05) is 12.6 Å². The Bertz CT molecular complexity index is 1050. The fourth-order valence-electron chi connectivity index (χ4n) is 2.38. The minimum atomic E-state index is -1.25. The zero-order valence-electron chi connectivity index (χ0n) is 12.5. The van der Waals surface area contributed by atoms with Crippen LogP contribution in [0.3, 0.4) is 0 Å². The second kappa shape index (κ2) is 5.20. The van der Waals surface area contributed by atoms with E-state index in [0.29, 0.717) is 11.3 Å². The van der Waals surface area contributed by atoms with E-state index in [1.807, 2.05) is 19.1 Å². The smallest absolute Gasteiger partial charge is 0.336 e. The number of benzene rings is 1. The molecule has 3 aromatic rings. The summed E-state index contributed by atoms with van der Waals surface area (Å²) in [6.07, 6.45) is 0. The van der Waals surface area contributed by atoms with Gasteiger partial charge in [0.2, 0.25) is 0 Å². The number of nitrogens with one attached hydrogen (secondary N) is 1. The molecule has 0 atom stereocenters. The molecule has 2 aromatic heterocycles. The van der Waals surface area contributed by atoms with Gasteiger partial charge in [0.1, 0.15) is 0 Å². The highest BCUT2D eigenvalue weighted by molar-refractivity contribution is 6.02. The molecule has 23 heavy (non-hydrogen) atoms. The molecule has 1 aromatic carbocycles. The van der Waals surface area contributed by atoms with Crippen LogP contribution < -0.4 is 11.2 Å². The lowest BCUT2D eigenvalue weighted by Gasteiger charge is -2.09. The summed E-state index contributed by atoms with van der Waals surface area (Å²) in [7, 11) is 1.43. The first-order valence-corrected chi connectivity index (χ1v) is 6.83. The maximum Gasteiger partial charge on any atom is 0.336 e. The van der Waals surface area contributed by atoms with Gasteiger partial charge in [-0.3, -0.25) is 14.3 Å². The third-order valence-corrected chi connectivity index (χ3v) is 3.65. The fourth-order valence-corrected chi connectivity index (χ4v) is 2.38. The Hall–Kier alpha value is -3.22. The second-order valence-corrected chi connectivity index (χ2v) is 5.24. The molecule has 0 spiro atoms. The minimum Gasteiger partial charge on any atom is -0.478 e. The van der Waals surface area contributed by atoms with E-state index in [2.05, 4.69) is 9.97 Å². The van der Waals surface area contributed by atoms with Crippen molar-refractivity contribution in [3.8, 4) is 11.3 Å². The van der Waals surface area contributed by atoms with E-state index in [9.17, 15) is 19.5 Å². The molecule has 2 N–H and O–H groups in total. The van der Waals surface area contributed by atoms with Gasteiger partial charge in [0.05, 0.1) is 16.6 Å². The number of rotatable bonds is 2. The van der Waals surface area contributed by atoms with E-state index in [-0.39, 0.29) is 16.6 Å². The van der Waals surface area contributed by atoms with Gasteiger partial charge in [-0.2, -0.15) is 0 Å². The molecule has 0 radical (unpaired) electrons. The van der Waals surface area contributed by atoms with E-state index in [0.717, 1.165) is 10.1 Å². The highest BCUT2D eigenvalue weighted by Crippen LogP contribution is 2.22. The summed E-state index contributed by atoms with van der Waals surface area (Å²) in [5.74, 6) is -1.25. The predicted molar refractivity (Wildman–Crippen MR) is 84.7 cm³/mol. The lowest BCUT2D eigenvalue weighted by molar-refractivity contribution is 0.0699. The summed E-state index contributed by atoms with van der Waals surface area (Å²) in [5, 5.41) is 9.30. The summed E-state index contributed by atoms with van der Waals surface area (Å²) >= 11 is 0. The summed E-state index contributed by atoms with van der Waals surface area (Å²) in [4.78, 5) is 41.7. The van der Waals surface area contributed by atoms with Crippen molar-refractivity contribution in [2.75, 3.05) is 0 Å². The van der Waals surface area contributed by atoms with Gasteiger partial charge in [-0.25, -0.2) is 14.6 Å². The number of aromatic carboxylic acids is 1. The van der Waals surface area contributed by atoms with Crippen LogP contribution in [0.1, 0.15) is 15.9 Å². The molecular formula is C16H13N3O4. The van der Waals surface area contributed by atoms with Crippen molar-refractivity contribution >= 4 is 17.0 Å². The molecule has 116 valence electrons. The van der Waals surface area contributed by atoms with E-state index >= 15 is 0 Å². The molecule has 0 saturated heterocycles. The Morgan fingerprint density at radius 3 is 2.48 bits per heavy atom. The normalized spacial score (nSPS) is 10.9. The van der Waals surface area contributed by atoms with Crippen LogP contribution in [-0.4, -0.2) is 25.6 Å². The van der Waals surface area contributed by atoms with Gasteiger partial charge in [-0.05, 0) is 13.0 Å². The SMILES string of the molecule is Cc1ccc(-c2cc(C(=O)O)c3c(=O)[nH]c(=O)n(C)c3n2)cc1. The maximum absolute atomic E-state index is 12.0. The average Bonchev–Trinajstić information content (AvgIpc) is 2.52. The molecule has 0 saturated carbocycles. The first-order valence-electron chi connectivity index (χ1n) is 6.83. The number of hydrogen-bond acceptors (Lipinski definition) is 4. The van der Waals surface area contributed by atoms with Crippen molar-refractivity contribution in [3.63, 3.8) is 0 Å². The monoisotopic (exact) mass is 311 g/mol. The summed E-state index contributed by atoms with van der Waals surface area (Å²) in [5.41, 5.74) is 0.576. The Morgan fingerprint density at radius 1 is 1.22 bits per heavy atom.